The van der Waals surface area contributed by atoms with Gasteiger partial charge in [-0.05, 0) is 68.6 Å². The molecule has 1 aromatic heterocycles. The van der Waals surface area contributed by atoms with Gasteiger partial charge in [0.05, 0.1) is 16.8 Å². The number of cyclic esters (lactones) is 1. The van der Waals surface area contributed by atoms with E-state index in [1.54, 1.807) is 0 Å². The summed E-state index contributed by atoms with van der Waals surface area (Å²) in [4.78, 5) is 30.5. The first-order chi connectivity index (χ1) is 15.0. The summed E-state index contributed by atoms with van der Waals surface area (Å²) in [6.07, 6.45) is 6.43. The lowest BCUT2D eigenvalue weighted by atomic mass is 9.76. The number of likely N-dealkylation sites (tertiary alicyclic amines) is 2. The molecule has 0 bridgehead atoms. The predicted molar refractivity (Wildman–Crippen MR) is 111 cm³/mol. The van der Waals surface area contributed by atoms with Crippen LogP contribution in [-0.2, 0) is 20.7 Å². The molecule has 0 radical (unpaired) electrons. The van der Waals surface area contributed by atoms with Crippen LogP contribution in [0.5, 0.6) is 0 Å². The Labute approximate surface area is 180 Å². The van der Waals surface area contributed by atoms with Crippen LogP contribution in [-0.4, -0.2) is 74.2 Å². The first-order valence-electron chi connectivity index (χ1n) is 10.8. The van der Waals surface area contributed by atoms with Crippen LogP contribution in [0.2, 0.25) is 0 Å². The maximum absolute atomic E-state index is 13.3. The van der Waals surface area contributed by atoms with Gasteiger partial charge in [0.15, 0.2) is 6.33 Å². The predicted octanol–water partition coefficient (Wildman–Crippen LogP) is 1.35. The lowest BCUT2D eigenvalue weighted by Crippen LogP contribution is -2.45. The molecule has 0 saturated carbocycles. The van der Waals surface area contributed by atoms with Crippen LogP contribution in [0.15, 0.2) is 42.4 Å². The van der Waals surface area contributed by atoms with Crippen molar-refractivity contribution in [2.75, 3.05) is 26.2 Å². The minimum absolute atomic E-state index is 0.109. The van der Waals surface area contributed by atoms with Gasteiger partial charge >= 0.3 is 5.97 Å². The molecular weight excluding hydrogens is 396 g/mol. The first kappa shape index (κ1) is 19.9. The third kappa shape index (κ3) is 3.74. The second-order valence-electron chi connectivity index (χ2n) is 8.74. The normalized spacial score (nSPS) is 23.5. The lowest BCUT2D eigenvalue weighted by molar-refractivity contribution is -0.138. The number of rotatable bonds is 5. The van der Waals surface area contributed by atoms with Crippen molar-refractivity contribution >= 4 is 11.9 Å². The second kappa shape index (κ2) is 7.88. The molecule has 162 valence electrons. The molecule has 2 fully saturated rings. The molecule has 0 unspecified atom stereocenters. The number of carbonyl (C=O) groups excluding carboxylic acids is 2. The molecule has 9 nitrogen and oxygen atoms in total. The van der Waals surface area contributed by atoms with Gasteiger partial charge in [-0.3, -0.25) is 4.79 Å². The van der Waals surface area contributed by atoms with Gasteiger partial charge in [-0.2, -0.15) is 0 Å². The van der Waals surface area contributed by atoms with Gasteiger partial charge in [0.25, 0.3) is 0 Å². The highest BCUT2D eigenvalue weighted by Crippen LogP contribution is 2.46. The number of hydrogen-bond donors (Lipinski definition) is 0. The number of carbonyl (C=O) groups is 2. The number of esters is 1. The summed E-state index contributed by atoms with van der Waals surface area (Å²) in [5.74, 6) is -0.183. The van der Waals surface area contributed by atoms with Gasteiger partial charge < -0.3 is 14.5 Å². The van der Waals surface area contributed by atoms with Gasteiger partial charge in [0.1, 0.15) is 6.61 Å². The van der Waals surface area contributed by atoms with Crippen LogP contribution in [0.4, 0.5) is 0 Å². The number of piperidine rings is 1. The Balaban J connectivity index is 1.16. The number of hydrogen-bond acceptors (Lipinski definition) is 7. The number of ether oxygens (including phenoxy) is 1. The zero-order valence-corrected chi connectivity index (χ0v) is 17.6. The third-order valence-corrected chi connectivity index (χ3v) is 6.80. The van der Waals surface area contributed by atoms with E-state index in [0.717, 1.165) is 51.0 Å². The van der Waals surface area contributed by atoms with E-state index in [9.17, 15) is 9.59 Å². The zero-order valence-electron chi connectivity index (χ0n) is 17.6. The van der Waals surface area contributed by atoms with Gasteiger partial charge in [-0.15, -0.1) is 15.0 Å². The van der Waals surface area contributed by atoms with Crippen LogP contribution in [0, 0.1) is 5.41 Å². The number of aromatic nitrogens is 4. The molecule has 3 aliphatic rings. The average molecular weight is 422 g/mol. The topological polar surface area (TPSA) is 93.5 Å². The third-order valence-electron chi connectivity index (χ3n) is 6.80. The van der Waals surface area contributed by atoms with E-state index >= 15 is 0 Å². The van der Waals surface area contributed by atoms with Crippen molar-refractivity contribution in [3.05, 3.63) is 47.9 Å². The summed E-state index contributed by atoms with van der Waals surface area (Å²) in [6.45, 7) is 5.09. The number of benzene rings is 1. The van der Waals surface area contributed by atoms with E-state index in [-0.39, 0.29) is 29.9 Å². The Morgan fingerprint density at radius 2 is 1.94 bits per heavy atom. The summed E-state index contributed by atoms with van der Waals surface area (Å²) in [5.41, 5.74) is 2.57. The van der Waals surface area contributed by atoms with Crippen LogP contribution in [0.1, 0.15) is 31.7 Å². The number of nitrogens with zero attached hydrogens (tertiary/aromatic N) is 6. The summed E-state index contributed by atoms with van der Waals surface area (Å²) < 4.78 is 5.02. The van der Waals surface area contributed by atoms with Gasteiger partial charge in [-0.1, -0.05) is 12.1 Å². The molecule has 0 N–H and O–H groups in total. The van der Waals surface area contributed by atoms with Gasteiger partial charge in [0.2, 0.25) is 5.91 Å². The first-order valence-corrected chi connectivity index (χ1v) is 10.8. The Bertz CT molecular complexity index is 993. The van der Waals surface area contributed by atoms with Crippen LogP contribution < -0.4 is 0 Å². The Morgan fingerprint density at radius 1 is 1.16 bits per heavy atom. The van der Waals surface area contributed by atoms with Crippen molar-refractivity contribution < 1.29 is 14.3 Å². The monoisotopic (exact) mass is 422 g/mol. The fourth-order valence-corrected chi connectivity index (χ4v) is 5.11. The maximum Gasteiger partial charge on any atom is 0.333 e. The zero-order chi connectivity index (χ0) is 21.4. The largest absolute Gasteiger partial charge is 0.456 e. The molecule has 2 aromatic rings. The highest BCUT2D eigenvalue weighted by molar-refractivity contribution is 5.91. The maximum atomic E-state index is 13.3. The SMILES string of the molecule is C[C@H]1CC2(CCN(CCc3ccc(-n4ncnn4)cc3)CC2)C(=O)N1C1=CC(=O)OC1. The van der Waals surface area contributed by atoms with Crippen molar-refractivity contribution in [3.63, 3.8) is 0 Å². The summed E-state index contributed by atoms with van der Waals surface area (Å²) in [7, 11) is 0. The van der Waals surface area contributed by atoms with Crippen molar-refractivity contribution in [1.82, 2.24) is 30.0 Å². The standard InChI is InChI=1S/C22H26N6O3/c1-16-13-22(21(30)27(16)19-12-20(29)31-14-19)7-10-26(11-8-22)9-6-17-2-4-18(5-3-17)28-24-15-23-25-28/h2-5,12,15-16H,6-11,13-14H2,1H3/t16-/m0/s1. The van der Waals surface area contributed by atoms with Crippen LogP contribution in [0.25, 0.3) is 5.69 Å². The Kier molecular flexibility index (Phi) is 5.05. The lowest BCUT2D eigenvalue weighted by Gasteiger charge is -2.38. The van der Waals surface area contributed by atoms with E-state index in [1.807, 2.05) is 17.0 Å². The average Bonchev–Trinajstić information content (AvgIpc) is 3.50. The Morgan fingerprint density at radius 3 is 2.58 bits per heavy atom. The molecular formula is C22H26N6O3. The molecule has 31 heavy (non-hydrogen) atoms. The minimum Gasteiger partial charge on any atom is -0.456 e. The Hall–Kier alpha value is -3.07. The molecule has 4 heterocycles. The van der Waals surface area contributed by atoms with E-state index < -0.39 is 0 Å². The molecule has 5 rings (SSSR count). The van der Waals surface area contributed by atoms with Gasteiger partial charge in [-0.25, -0.2) is 4.79 Å². The van der Waals surface area contributed by atoms with Crippen molar-refractivity contribution in [2.45, 2.75) is 38.6 Å². The molecule has 1 spiro atoms. The highest BCUT2D eigenvalue weighted by atomic mass is 16.5. The van der Waals surface area contributed by atoms with E-state index in [2.05, 4.69) is 39.4 Å². The fraction of sp³-hybridized carbons (Fsp3) is 0.500. The summed E-state index contributed by atoms with van der Waals surface area (Å²) >= 11 is 0. The van der Waals surface area contributed by atoms with Crippen molar-refractivity contribution in [2.24, 2.45) is 5.41 Å². The highest BCUT2D eigenvalue weighted by Gasteiger charge is 2.52. The number of tetrazole rings is 1. The van der Waals surface area contributed by atoms with Crippen LogP contribution in [0.3, 0.4) is 0 Å². The van der Waals surface area contributed by atoms with E-state index in [1.165, 1.54) is 22.8 Å². The van der Waals surface area contributed by atoms with E-state index in [0.29, 0.717) is 5.70 Å². The van der Waals surface area contributed by atoms with E-state index in [4.69, 9.17) is 4.74 Å². The van der Waals surface area contributed by atoms with Crippen LogP contribution >= 0.6 is 0 Å². The second-order valence-corrected chi connectivity index (χ2v) is 8.74. The molecule has 2 saturated heterocycles. The number of amides is 1. The minimum atomic E-state index is -0.351. The molecule has 1 atom stereocenters. The molecule has 3 aliphatic heterocycles. The smallest absolute Gasteiger partial charge is 0.333 e. The molecule has 0 aliphatic carbocycles. The molecule has 1 amide bonds. The summed E-state index contributed by atoms with van der Waals surface area (Å²) in [6, 6.07) is 8.31. The van der Waals surface area contributed by atoms with Crippen molar-refractivity contribution in [3.8, 4) is 5.69 Å². The fourth-order valence-electron chi connectivity index (χ4n) is 5.11. The van der Waals surface area contributed by atoms with Crippen molar-refractivity contribution in [1.29, 1.82) is 0 Å². The van der Waals surface area contributed by atoms with Gasteiger partial charge in [0, 0.05) is 18.7 Å². The summed E-state index contributed by atoms with van der Waals surface area (Å²) in [5, 5.41) is 11.7. The molecule has 1 aromatic carbocycles. The quantitative estimate of drug-likeness (QED) is 0.672. The molecule has 9 heteroatoms.